The Morgan fingerprint density at radius 1 is 1.02 bits per heavy atom. The van der Waals surface area contributed by atoms with E-state index in [0.29, 0.717) is 49.3 Å². The van der Waals surface area contributed by atoms with Gasteiger partial charge in [0.15, 0.2) is 12.1 Å². The van der Waals surface area contributed by atoms with Crippen LogP contribution in [0.2, 0.25) is 0 Å². The Morgan fingerprint density at radius 2 is 1.68 bits per heavy atom. The number of fused-ring (bicyclic) bond motifs is 5. The van der Waals surface area contributed by atoms with Gasteiger partial charge in [0.1, 0.15) is 31.1 Å². The maximum atomic E-state index is 12.2. The normalized spacial score (nSPS) is 22.7. The lowest BCUT2D eigenvalue weighted by Crippen LogP contribution is -2.45. The van der Waals surface area contributed by atoms with E-state index in [1.165, 1.54) is 30.4 Å². The summed E-state index contributed by atoms with van der Waals surface area (Å²) in [5.41, 5.74) is 18.3. The van der Waals surface area contributed by atoms with Gasteiger partial charge in [0.2, 0.25) is 0 Å². The highest BCUT2D eigenvalue weighted by Crippen LogP contribution is 2.61. The molecule has 0 bridgehead atoms. The number of aliphatic carboxylic acids is 1. The van der Waals surface area contributed by atoms with Gasteiger partial charge in [-0.05, 0) is 98.8 Å². The van der Waals surface area contributed by atoms with Gasteiger partial charge in [-0.1, -0.05) is 26.3 Å². The first-order valence-corrected chi connectivity index (χ1v) is 17.4. The van der Waals surface area contributed by atoms with Crippen LogP contribution in [0.25, 0.3) is 0 Å². The van der Waals surface area contributed by atoms with Crippen LogP contribution >= 0.6 is 0 Å². The Hall–Kier alpha value is -5.21. The molecule has 3 aliphatic carbocycles. The number of aliphatic imine (C=N–C) groups is 1. The van der Waals surface area contributed by atoms with E-state index in [1.807, 2.05) is 12.1 Å². The van der Waals surface area contributed by atoms with Crippen molar-refractivity contribution in [2.45, 2.75) is 109 Å². The number of hydrogen-bond acceptors (Lipinski definition) is 15. The molecular weight excluding hydrogens is 706 g/mol. The Labute approximate surface area is 305 Å². The van der Waals surface area contributed by atoms with Crippen molar-refractivity contribution in [3.8, 4) is 5.75 Å². The van der Waals surface area contributed by atoms with Gasteiger partial charge in [-0.3, -0.25) is 14.6 Å². The number of hydrogen-bond donors (Lipinski definition) is 5. The smallest absolute Gasteiger partial charge is 0.320 e. The maximum Gasteiger partial charge on any atom is 0.320 e. The largest absolute Gasteiger partial charge is 0.508 e. The molecule has 4 rings (SSSR count). The third-order valence-electron chi connectivity index (χ3n) is 9.88. The number of unbranched alkanes of at least 4 members (excludes halogenated alkanes) is 1. The van der Waals surface area contributed by atoms with Gasteiger partial charge >= 0.3 is 11.9 Å². The topological polar surface area (TPSA) is 331 Å². The molecule has 3 aliphatic rings. The number of carbonyl (C=O) groups excluding carboxylic acids is 1. The molecule has 298 valence electrons. The van der Waals surface area contributed by atoms with Gasteiger partial charge in [-0.15, -0.1) is 30.3 Å². The van der Waals surface area contributed by atoms with E-state index in [1.54, 1.807) is 0 Å². The molecule has 2 saturated carbocycles. The highest BCUT2D eigenvalue weighted by molar-refractivity contribution is 5.75. The number of carbonyl (C=O) groups is 2. The fourth-order valence-corrected chi connectivity index (χ4v) is 7.41. The lowest BCUT2D eigenvalue weighted by atomic mass is 9.55. The van der Waals surface area contributed by atoms with Gasteiger partial charge in [0, 0.05) is 18.4 Å². The van der Waals surface area contributed by atoms with Crippen LogP contribution in [-0.2, 0) is 35.3 Å². The van der Waals surface area contributed by atoms with E-state index in [2.05, 4.69) is 39.4 Å². The maximum absolute atomic E-state index is 12.2. The molecular formula is C32H51N7O14. The van der Waals surface area contributed by atoms with Gasteiger partial charge in [-0.2, -0.15) is 0 Å². The molecule has 0 radical (unpaired) electrons. The van der Waals surface area contributed by atoms with E-state index < -0.39 is 46.6 Å². The minimum Gasteiger partial charge on any atom is -0.508 e. The van der Waals surface area contributed by atoms with E-state index in [0.717, 1.165) is 32.1 Å². The molecule has 0 aliphatic heterocycles. The van der Waals surface area contributed by atoms with Crippen molar-refractivity contribution >= 4 is 17.9 Å². The molecule has 0 spiro atoms. The summed E-state index contributed by atoms with van der Waals surface area (Å²) in [5.74, 6) is 1.39. The van der Waals surface area contributed by atoms with Crippen molar-refractivity contribution in [2.24, 2.45) is 39.4 Å². The first-order valence-electron chi connectivity index (χ1n) is 17.4. The number of rotatable bonds is 17. The fourth-order valence-electron chi connectivity index (χ4n) is 7.41. The second-order valence-electron chi connectivity index (χ2n) is 13.4. The molecule has 1 aromatic carbocycles. The van der Waals surface area contributed by atoms with E-state index in [9.17, 15) is 45.0 Å². The highest BCUT2D eigenvalue weighted by atomic mass is 17.0. The van der Waals surface area contributed by atoms with E-state index >= 15 is 0 Å². The van der Waals surface area contributed by atoms with Crippen LogP contribution < -0.4 is 17.2 Å². The molecule has 2 fully saturated rings. The van der Waals surface area contributed by atoms with Crippen LogP contribution in [0.5, 0.6) is 5.75 Å². The summed E-state index contributed by atoms with van der Waals surface area (Å²) in [6.45, 7) is 3.22. The van der Waals surface area contributed by atoms with Crippen molar-refractivity contribution < 1.29 is 54.3 Å². The second-order valence-corrected chi connectivity index (χ2v) is 13.4. The van der Waals surface area contributed by atoms with Crippen molar-refractivity contribution in [1.29, 1.82) is 0 Å². The molecule has 0 aromatic heterocycles. The van der Waals surface area contributed by atoms with Gasteiger partial charge in [0.05, 0.1) is 0 Å². The molecule has 0 amide bonds. The predicted octanol–water partition coefficient (Wildman–Crippen LogP) is 2.78. The van der Waals surface area contributed by atoms with Crippen LogP contribution in [0.15, 0.2) is 23.2 Å². The second kappa shape index (κ2) is 21.3. The zero-order chi connectivity index (χ0) is 39.7. The van der Waals surface area contributed by atoms with Gasteiger partial charge in [0.25, 0.3) is 15.3 Å². The summed E-state index contributed by atoms with van der Waals surface area (Å²) < 4.78 is 5.98. The number of carboxylic acids is 1. The molecule has 6 atom stereocenters. The molecule has 0 heterocycles. The summed E-state index contributed by atoms with van der Waals surface area (Å²) >= 11 is 0. The van der Waals surface area contributed by atoms with E-state index in [-0.39, 0.29) is 23.4 Å². The highest BCUT2D eigenvalue weighted by Gasteiger charge is 2.56. The Balaban J connectivity index is 0.000000308. The standard InChI is InChI=1S/C23H32O3.C6H14N4O2.C3H5N3O9/c1-3-4-5-22(25)26-21-11-10-20-19-8-6-15-14-16(24)7-9-17(15)18(19)12-13-23(20,21)2;7-4(5(11)12)2-1-3-10-6(8)9;7-4(8)13-1-3(15-6(11)12)2-14-5(9)10/h7,9,14,18-21,24H,3-6,8,10-13H2,1-2H3;4H,1-3,7H2,(H,11,12)(H4,8,9,10);3H,1-2H2/t18-,19-,20+,21+,23+;4-;/m10./s1. The average Bonchev–Trinajstić information content (AvgIpc) is 3.42. The Kier molecular flexibility index (Phi) is 17.7. The lowest BCUT2D eigenvalue weighted by molar-refractivity contribution is -0.803. The van der Waals surface area contributed by atoms with Crippen molar-refractivity contribution in [3.05, 3.63) is 59.7 Å². The van der Waals surface area contributed by atoms with Gasteiger partial charge in [-0.25, -0.2) is 0 Å². The van der Waals surface area contributed by atoms with Crippen molar-refractivity contribution in [3.63, 3.8) is 0 Å². The number of phenols is 1. The predicted molar refractivity (Wildman–Crippen MR) is 185 cm³/mol. The minimum atomic E-state index is -1.55. The third-order valence-corrected chi connectivity index (χ3v) is 9.88. The molecule has 21 nitrogen and oxygen atoms in total. The number of aromatic hydroxyl groups is 1. The summed E-state index contributed by atoms with van der Waals surface area (Å²) in [4.78, 5) is 66.6. The van der Waals surface area contributed by atoms with Crippen LogP contribution in [-0.4, -0.2) is 81.4 Å². The van der Waals surface area contributed by atoms with Crippen molar-refractivity contribution in [2.75, 3.05) is 19.8 Å². The number of esters is 1. The first-order chi connectivity index (χ1) is 25.0. The zero-order valence-electron chi connectivity index (χ0n) is 29.9. The number of phenolic OH excluding ortho intramolecular Hbond substituents is 1. The zero-order valence-corrected chi connectivity index (χ0v) is 29.9. The number of carboxylic acid groups (broad SMARTS) is 1. The lowest BCUT2D eigenvalue weighted by Gasteiger charge is -2.50. The summed E-state index contributed by atoms with van der Waals surface area (Å²) in [6.07, 6.45) is 8.88. The number of nitrogens with two attached hydrogens (primary N) is 3. The number of ether oxygens (including phenoxy) is 1. The number of aryl methyl sites for hydroxylation is 1. The minimum absolute atomic E-state index is 0.00492. The quantitative estimate of drug-likeness (QED) is 0.0381. The van der Waals surface area contributed by atoms with Crippen molar-refractivity contribution in [1.82, 2.24) is 0 Å². The first kappa shape index (κ1) is 44.0. The monoisotopic (exact) mass is 757 g/mol. The number of guanidine groups is 1. The molecule has 1 aromatic rings. The molecule has 8 N–H and O–H groups in total. The molecule has 0 saturated heterocycles. The van der Waals surface area contributed by atoms with Crippen LogP contribution in [0.4, 0.5) is 0 Å². The summed E-state index contributed by atoms with van der Waals surface area (Å²) in [7, 11) is 0. The SMILES string of the molecule is CCCCC(=O)O[C@H]1CC[C@H]2[C@@H]3CCc4cc(O)ccc4[C@H]3CC[C@]12C.NC(N)=NCCC[C@H](N)C(=O)O.O=[N+]([O-])OCC(CO[N+](=O)[O-])O[N+](=O)[O-]. The molecule has 21 heteroatoms. The molecule has 0 unspecified atom stereocenters. The number of benzene rings is 1. The summed E-state index contributed by atoms with van der Waals surface area (Å²) in [6, 6.07) is 5.15. The Bertz CT molecular complexity index is 1410. The fraction of sp³-hybridized carbons (Fsp3) is 0.719. The summed E-state index contributed by atoms with van der Waals surface area (Å²) in [5, 5.41) is 43.7. The van der Waals surface area contributed by atoms with Gasteiger partial charge < -0.3 is 46.7 Å². The van der Waals surface area contributed by atoms with Crippen LogP contribution in [0.1, 0.15) is 95.1 Å². The van der Waals surface area contributed by atoms with Crippen LogP contribution in [0.3, 0.4) is 0 Å². The Morgan fingerprint density at radius 3 is 2.25 bits per heavy atom. The molecule has 53 heavy (non-hydrogen) atoms. The van der Waals surface area contributed by atoms with Crippen LogP contribution in [0, 0.1) is 47.6 Å². The van der Waals surface area contributed by atoms with E-state index in [4.69, 9.17) is 27.0 Å². The third kappa shape index (κ3) is 14.4. The number of nitrogens with zero attached hydrogens (tertiary/aromatic N) is 4. The average molecular weight is 758 g/mol.